The fourth-order valence-corrected chi connectivity index (χ4v) is 3.03. The average molecular weight is 270 g/mol. The Balaban J connectivity index is 1.74. The number of piperidine rings is 1. The van der Waals surface area contributed by atoms with Crippen LogP contribution in [0, 0.1) is 5.92 Å². The molecule has 0 unspecified atom stereocenters. The monoisotopic (exact) mass is 270 g/mol. The van der Waals surface area contributed by atoms with Gasteiger partial charge in [-0.1, -0.05) is 24.3 Å². The number of fused-ring (bicyclic) bond motifs is 1. The maximum atomic E-state index is 4.38. The van der Waals surface area contributed by atoms with Gasteiger partial charge in [0, 0.05) is 23.9 Å². The summed E-state index contributed by atoms with van der Waals surface area (Å²) in [5.74, 6) is 1.90. The van der Waals surface area contributed by atoms with Gasteiger partial charge < -0.3 is 10.2 Å². The largest absolute Gasteiger partial charge is 0.355 e. The van der Waals surface area contributed by atoms with E-state index in [0.717, 1.165) is 31.4 Å². The van der Waals surface area contributed by atoms with Crippen molar-refractivity contribution in [3.05, 3.63) is 30.5 Å². The molecular weight excluding hydrogens is 248 g/mol. The molecule has 4 nitrogen and oxygen atoms in total. The molecule has 1 aliphatic heterocycles. The quantitative estimate of drug-likeness (QED) is 0.926. The highest BCUT2D eigenvalue weighted by Crippen LogP contribution is 2.28. The lowest BCUT2D eigenvalue weighted by molar-refractivity contribution is 0.377. The van der Waals surface area contributed by atoms with Gasteiger partial charge in [0.2, 0.25) is 0 Å². The molecule has 1 fully saturated rings. The molecule has 0 amide bonds. The molecule has 1 aliphatic rings. The van der Waals surface area contributed by atoms with Crippen LogP contribution in [0.3, 0.4) is 0 Å². The van der Waals surface area contributed by atoms with Crippen LogP contribution in [0.25, 0.3) is 10.8 Å². The molecule has 1 N–H and O–H groups in total. The van der Waals surface area contributed by atoms with E-state index in [9.17, 15) is 0 Å². The number of nitrogens with zero attached hydrogens (tertiary/aromatic N) is 3. The first-order valence-corrected chi connectivity index (χ1v) is 7.48. The molecule has 0 saturated carbocycles. The number of anilines is 1. The molecule has 2 heterocycles. The smallest absolute Gasteiger partial charge is 0.159 e. The third-order valence-electron chi connectivity index (χ3n) is 4.27. The molecule has 1 saturated heterocycles. The second-order valence-electron chi connectivity index (χ2n) is 5.58. The average Bonchev–Trinajstić information content (AvgIpc) is 2.53. The third-order valence-corrected chi connectivity index (χ3v) is 4.27. The van der Waals surface area contributed by atoms with Crippen LogP contribution in [-0.2, 0) is 0 Å². The third kappa shape index (κ3) is 2.75. The first kappa shape index (κ1) is 13.3. The summed E-state index contributed by atoms with van der Waals surface area (Å²) >= 11 is 0. The van der Waals surface area contributed by atoms with Crippen molar-refractivity contribution in [3.63, 3.8) is 0 Å². The van der Waals surface area contributed by atoms with E-state index in [0.29, 0.717) is 0 Å². The SMILES string of the molecule is CNCCC1CCN(c2nncc3ccccc23)CC1. The second-order valence-corrected chi connectivity index (χ2v) is 5.58. The number of aromatic nitrogens is 2. The van der Waals surface area contributed by atoms with Gasteiger partial charge in [0.05, 0.1) is 6.20 Å². The van der Waals surface area contributed by atoms with Gasteiger partial charge in [-0.05, 0) is 38.8 Å². The number of benzene rings is 1. The molecule has 1 aromatic carbocycles. The van der Waals surface area contributed by atoms with Gasteiger partial charge in [0.1, 0.15) is 0 Å². The Morgan fingerprint density at radius 1 is 1.25 bits per heavy atom. The van der Waals surface area contributed by atoms with Crippen LogP contribution < -0.4 is 10.2 Å². The topological polar surface area (TPSA) is 41.0 Å². The van der Waals surface area contributed by atoms with Crippen LogP contribution in [0.1, 0.15) is 19.3 Å². The van der Waals surface area contributed by atoms with Gasteiger partial charge in [-0.2, -0.15) is 5.10 Å². The summed E-state index contributed by atoms with van der Waals surface area (Å²) in [4.78, 5) is 2.39. The van der Waals surface area contributed by atoms with Crippen molar-refractivity contribution in [2.24, 2.45) is 5.92 Å². The van der Waals surface area contributed by atoms with Crippen molar-refractivity contribution >= 4 is 16.6 Å². The van der Waals surface area contributed by atoms with Crippen LogP contribution >= 0.6 is 0 Å². The van der Waals surface area contributed by atoms with Crippen molar-refractivity contribution in [2.75, 3.05) is 31.6 Å². The predicted octanol–water partition coefficient (Wildman–Crippen LogP) is 2.46. The van der Waals surface area contributed by atoms with E-state index >= 15 is 0 Å². The van der Waals surface area contributed by atoms with Crippen LogP contribution in [-0.4, -0.2) is 36.9 Å². The summed E-state index contributed by atoms with van der Waals surface area (Å²) in [6.45, 7) is 3.31. The van der Waals surface area contributed by atoms with Crippen molar-refractivity contribution in [1.29, 1.82) is 0 Å². The lowest BCUT2D eigenvalue weighted by atomic mass is 9.93. The van der Waals surface area contributed by atoms with E-state index in [4.69, 9.17) is 0 Å². The van der Waals surface area contributed by atoms with Crippen LogP contribution in [0.15, 0.2) is 30.5 Å². The summed E-state index contributed by atoms with van der Waals surface area (Å²) in [6, 6.07) is 8.38. The first-order valence-electron chi connectivity index (χ1n) is 7.48. The Hall–Kier alpha value is -1.68. The number of nitrogens with one attached hydrogen (secondary N) is 1. The van der Waals surface area contributed by atoms with E-state index < -0.39 is 0 Å². The lowest BCUT2D eigenvalue weighted by Crippen LogP contribution is -2.35. The molecule has 0 atom stereocenters. The Bertz CT molecular complexity index is 556. The van der Waals surface area contributed by atoms with E-state index in [2.05, 4.69) is 44.7 Å². The summed E-state index contributed by atoms with van der Waals surface area (Å²) in [5.41, 5.74) is 0. The van der Waals surface area contributed by atoms with Gasteiger partial charge in [0.25, 0.3) is 0 Å². The van der Waals surface area contributed by atoms with Gasteiger partial charge in [-0.3, -0.25) is 0 Å². The van der Waals surface area contributed by atoms with Gasteiger partial charge in [0.15, 0.2) is 5.82 Å². The Morgan fingerprint density at radius 3 is 2.85 bits per heavy atom. The molecule has 4 heteroatoms. The van der Waals surface area contributed by atoms with Crippen LogP contribution in [0.5, 0.6) is 0 Å². The van der Waals surface area contributed by atoms with E-state index in [1.807, 2.05) is 13.2 Å². The van der Waals surface area contributed by atoms with Crippen molar-refractivity contribution in [3.8, 4) is 0 Å². The van der Waals surface area contributed by atoms with E-state index in [-0.39, 0.29) is 0 Å². The minimum absolute atomic E-state index is 0.849. The van der Waals surface area contributed by atoms with Gasteiger partial charge in [-0.25, -0.2) is 0 Å². The normalized spacial score (nSPS) is 16.8. The van der Waals surface area contributed by atoms with Gasteiger partial charge >= 0.3 is 0 Å². The van der Waals surface area contributed by atoms with Crippen molar-refractivity contribution in [1.82, 2.24) is 15.5 Å². The summed E-state index contributed by atoms with van der Waals surface area (Å²) in [6.07, 6.45) is 5.64. The molecule has 0 spiro atoms. The second kappa shape index (κ2) is 6.18. The highest BCUT2D eigenvalue weighted by molar-refractivity contribution is 5.91. The van der Waals surface area contributed by atoms with E-state index in [1.54, 1.807) is 0 Å². The molecule has 106 valence electrons. The Morgan fingerprint density at radius 2 is 2.05 bits per heavy atom. The number of rotatable bonds is 4. The minimum Gasteiger partial charge on any atom is -0.355 e. The standard InChI is InChI=1S/C16H22N4/c1-17-9-6-13-7-10-20(11-8-13)16-15-5-3-2-4-14(15)12-18-19-16/h2-5,12-13,17H,6-11H2,1H3. The Labute approximate surface area is 120 Å². The Kier molecular flexibility index (Phi) is 4.11. The molecule has 3 rings (SSSR count). The number of hydrogen-bond acceptors (Lipinski definition) is 4. The molecule has 2 aromatic rings. The van der Waals surface area contributed by atoms with Gasteiger partial charge in [-0.15, -0.1) is 5.10 Å². The zero-order valence-corrected chi connectivity index (χ0v) is 12.0. The molecule has 0 radical (unpaired) electrons. The summed E-state index contributed by atoms with van der Waals surface area (Å²) < 4.78 is 0. The summed E-state index contributed by atoms with van der Waals surface area (Å²) in [7, 11) is 2.03. The highest BCUT2D eigenvalue weighted by atomic mass is 15.3. The van der Waals surface area contributed by atoms with Crippen molar-refractivity contribution in [2.45, 2.75) is 19.3 Å². The first-order chi connectivity index (χ1) is 9.88. The molecule has 1 aromatic heterocycles. The molecule has 20 heavy (non-hydrogen) atoms. The zero-order chi connectivity index (χ0) is 13.8. The van der Waals surface area contributed by atoms with Crippen LogP contribution in [0.2, 0.25) is 0 Å². The fourth-order valence-electron chi connectivity index (χ4n) is 3.03. The van der Waals surface area contributed by atoms with E-state index in [1.165, 1.54) is 30.0 Å². The molecule has 0 aliphatic carbocycles. The lowest BCUT2D eigenvalue weighted by Gasteiger charge is -2.33. The molecular formula is C16H22N4. The minimum atomic E-state index is 0.849. The summed E-state index contributed by atoms with van der Waals surface area (Å²) in [5, 5.41) is 14.2. The zero-order valence-electron chi connectivity index (χ0n) is 12.0. The van der Waals surface area contributed by atoms with Crippen molar-refractivity contribution < 1.29 is 0 Å². The molecule has 0 bridgehead atoms. The maximum absolute atomic E-state index is 4.38. The highest BCUT2D eigenvalue weighted by Gasteiger charge is 2.21. The maximum Gasteiger partial charge on any atom is 0.159 e. The number of hydrogen-bond donors (Lipinski definition) is 1. The van der Waals surface area contributed by atoms with Crippen LogP contribution in [0.4, 0.5) is 5.82 Å². The fraction of sp³-hybridized carbons (Fsp3) is 0.500. The predicted molar refractivity (Wildman–Crippen MR) is 83.0 cm³/mol.